The van der Waals surface area contributed by atoms with Crippen molar-refractivity contribution in [2.45, 2.75) is 25.8 Å². The molecule has 1 aromatic heterocycles. The Labute approximate surface area is 192 Å². The van der Waals surface area contributed by atoms with Crippen LogP contribution in [0.15, 0.2) is 60.9 Å². The Morgan fingerprint density at radius 3 is 2.58 bits per heavy atom. The first-order chi connectivity index (χ1) is 16.1. The van der Waals surface area contributed by atoms with E-state index < -0.39 is 11.7 Å². The first-order valence-electron chi connectivity index (χ1n) is 11.0. The minimum absolute atomic E-state index is 0.0138. The molecule has 1 aliphatic rings. The molecule has 0 unspecified atom stereocenters. The van der Waals surface area contributed by atoms with Gasteiger partial charge in [0.1, 0.15) is 5.69 Å². The quantitative estimate of drug-likeness (QED) is 0.522. The molecular weight excluding hydrogens is 423 g/mol. The van der Waals surface area contributed by atoms with Crippen LogP contribution in [0.1, 0.15) is 35.3 Å². The number of carbonyl (C=O) groups is 1. The molecule has 4 rings (SSSR count). The van der Waals surface area contributed by atoms with Crippen LogP contribution in [0.3, 0.4) is 0 Å². The molecule has 1 amide bonds. The number of para-hydroxylation sites is 1. The lowest BCUT2D eigenvalue weighted by Crippen LogP contribution is -2.27. The van der Waals surface area contributed by atoms with E-state index in [1.807, 2.05) is 24.3 Å². The van der Waals surface area contributed by atoms with E-state index in [0.29, 0.717) is 12.5 Å². The van der Waals surface area contributed by atoms with E-state index >= 15 is 0 Å². The van der Waals surface area contributed by atoms with Crippen LogP contribution in [0.4, 0.5) is 10.1 Å². The summed E-state index contributed by atoms with van der Waals surface area (Å²) >= 11 is 0. The van der Waals surface area contributed by atoms with Gasteiger partial charge in [-0.2, -0.15) is 0 Å². The molecule has 3 aromatic rings. The van der Waals surface area contributed by atoms with Crippen LogP contribution in [-0.4, -0.2) is 35.6 Å². The largest absolute Gasteiger partial charge is 0.434 e. The number of primary amides is 1. The number of ether oxygens (including phenoxy) is 2. The van der Waals surface area contributed by atoms with Gasteiger partial charge in [0, 0.05) is 32.0 Å². The lowest BCUT2D eigenvalue weighted by Gasteiger charge is -2.29. The number of hydrogen-bond acceptors (Lipinski definition) is 6. The minimum Gasteiger partial charge on any atom is -0.434 e. The summed E-state index contributed by atoms with van der Waals surface area (Å²) < 4.78 is 25.8. The molecule has 0 spiro atoms. The summed E-state index contributed by atoms with van der Waals surface area (Å²) in [5, 5.41) is 0. The Morgan fingerprint density at radius 1 is 1.12 bits per heavy atom. The van der Waals surface area contributed by atoms with Gasteiger partial charge >= 0.3 is 0 Å². The Kier molecular flexibility index (Phi) is 7.47. The summed E-state index contributed by atoms with van der Waals surface area (Å²) in [5.74, 6) is -0.419. The van der Waals surface area contributed by atoms with Gasteiger partial charge in [-0.05, 0) is 55.0 Å². The van der Waals surface area contributed by atoms with Crippen molar-refractivity contribution in [3.05, 3.63) is 78.0 Å². The number of anilines is 1. The Bertz CT molecular complexity index is 1060. The second-order valence-corrected chi connectivity index (χ2v) is 8.07. The third kappa shape index (κ3) is 6.26. The molecular formula is C25H27FN4O3. The van der Waals surface area contributed by atoms with E-state index in [9.17, 15) is 9.18 Å². The number of hydrogen-bond donors (Lipinski definition) is 1. The van der Waals surface area contributed by atoms with E-state index in [2.05, 4.69) is 27.0 Å². The number of benzene rings is 2. The van der Waals surface area contributed by atoms with Crippen LogP contribution in [0.25, 0.3) is 0 Å². The third-order valence-electron chi connectivity index (χ3n) is 5.73. The minimum atomic E-state index is -0.690. The lowest BCUT2D eigenvalue weighted by molar-refractivity contribution is 0.0644. The average molecular weight is 451 g/mol. The standard InChI is InChI=1S/C25H27FN4O3/c26-21-14-19(6-7-23(21)33-24-16-28-22(15-29-24)25(27)31)17-30(20-4-2-1-3-5-20)11-8-18-9-12-32-13-10-18/h1-7,14-16,18H,8-13,17H2,(H2,27,31). The monoisotopic (exact) mass is 450 g/mol. The summed E-state index contributed by atoms with van der Waals surface area (Å²) in [6, 6.07) is 15.1. The molecule has 0 saturated carbocycles. The van der Waals surface area contributed by atoms with E-state index in [4.69, 9.17) is 15.2 Å². The maximum absolute atomic E-state index is 14.8. The van der Waals surface area contributed by atoms with Gasteiger partial charge in [-0.25, -0.2) is 14.4 Å². The maximum Gasteiger partial charge on any atom is 0.268 e. The zero-order chi connectivity index (χ0) is 23.0. The number of amides is 1. The number of nitrogens with zero attached hydrogens (tertiary/aromatic N) is 3. The second-order valence-electron chi connectivity index (χ2n) is 8.07. The number of rotatable bonds is 9. The molecule has 1 aliphatic heterocycles. The average Bonchev–Trinajstić information content (AvgIpc) is 2.85. The van der Waals surface area contributed by atoms with E-state index in [0.717, 1.165) is 50.3 Å². The van der Waals surface area contributed by atoms with Gasteiger partial charge in [-0.3, -0.25) is 4.79 Å². The van der Waals surface area contributed by atoms with Crippen LogP contribution >= 0.6 is 0 Å². The van der Waals surface area contributed by atoms with E-state index in [-0.39, 0.29) is 17.3 Å². The van der Waals surface area contributed by atoms with Crippen LogP contribution in [0.5, 0.6) is 11.6 Å². The SMILES string of the molecule is NC(=O)c1cnc(Oc2ccc(CN(CCC3CCOCC3)c3ccccc3)cc2F)cn1. The molecule has 2 aromatic carbocycles. The van der Waals surface area contributed by atoms with Crippen LogP contribution < -0.4 is 15.4 Å². The first kappa shape index (κ1) is 22.7. The number of aromatic nitrogens is 2. The van der Waals surface area contributed by atoms with E-state index in [1.54, 1.807) is 6.07 Å². The number of carbonyl (C=O) groups excluding carboxylic acids is 1. The summed E-state index contributed by atoms with van der Waals surface area (Å²) in [4.78, 5) is 21.2. The molecule has 1 saturated heterocycles. The summed E-state index contributed by atoms with van der Waals surface area (Å²) in [6.45, 7) is 3.13. The third-order valence-corrected chi connectivity index (χ3v) is 5.73. The Hall–Kier alpha value is -3.52. The molecule has 0 atom stereocenters. The van der Waals surface area contributed by atoms with Crippen LogP contribution in [-0.2, 0) is 11.3 Å². The van der Waals surface area contributed by atoms with Crippen molar-refractivity contribution in [1.82, 2.24) is 9.97 Å². The molecule has 0 radical (unpaired) electrons. The summed E-state index contributed by atoms with van der Waals surface area (Å²) in [5.41, 5.74) is 7.11. The number of nitrogens with two attached hydrogens (primary N) is 1. The van der Waals surface area contributed by atoms with Crippen LogP contribution in [0.2, 0.25) is 0 Å². The van der Waals surface area contributed by atoms with Crippen molar-refractivity contribution >= 4 is 11.6 Å². The van der Waals surface area contributed by atoms with Crippen LogP contribution in [0, 0.1) is 11.7 Å². The molecule has 2 N–H and O–H groups in total. The van der Waals surface area contributed by atoms with Crippen molar-refractivity contribution in [3.8, 4) is 11.6 Å². The van der Waals surface area contributed by atoms with Crippen molar-refractivity contribution < 1.29 is 18.7 Å². The predicted octanol–water partition coefficient (Wildman–Crippen LogP) is 4.33. The Morgan fingerprint density at radius 2 is 1.91 bits per heavy atom. The topological polar surface area (TPSA) is 90.6 Å². The van der Waals surface area contributed by atoms with Gasteiger partial charge in [0.15, 0.2) is 11.6 Å². The molecule has 1 fully saturated rings. The fraction of sp³-hybridized carbons (Fsp3) is 0.320. The molecule has 0 aliphatic carbocycles. The number of halogens is 1. The predicted molar refractivity (Wildman–Crippen MR) is 123 cm³/mol. The zero-order valence-corrected chi connectivity index (χ0v) is 18.3. The smallest absolute Gasteiger partial charge is 0.268 e. The molecule has 0 bridgehead atoms. The van der Waals surface area contributed by atoms with Crippen molar-refractivity contribution in [2.75, 3.05) is 24.7 Å². The fourth-order valence-corrected chi connectivity index (χ4v) is 3.87. The normalized spacial score (nSPS) is 14.1. The highest BCUT2D eigenvalue weighted by atomic mass is 19.1. The van der Waals surface area contributed by atoms with Gasteiger partial charge in [-0.15, -0.1) is 0 Å². The van der Waals surface area contributed by atoms with Gasteiger partial charge in [0.25, 0.3) is 5.91 Å². The molecule has 8 heteroatoms. The molecule has 7 nitrogen and oxygen atoms in total. The zero-order valence-electron chi connectivity index (χ0n) is 18.3. The van der Waals surface area contributed by atoms with Gasteiger partial charge in [0.2, 0.25) is 5.88 Å². The fourth-order valence-electron chi connectivity index (χ4n) is 3.87. The highest BCUT2D eigenvalue weighted by molar-refractivity contribution is 5.90. The maximum atomic E-state index is 14.8. The lowest BCUT2D eigenvalue weighted by atomic mass is 9.96. The van der Waals surface area contributed by atoms with Gasteiger partial charge in [0.05, 0.1) is 12.4 Å². The summed E-state index contributed by atoms with van der Waals surface area (Å²) in [6.07, 6.45) is 5.68. The molecule has 33 heavy (non-hydrogen) atoms. The Balaban J connectivity index is 1.44. The van der Waals surface area contributed by atoms with Crippen molar-refractivity contribution in [2.24, 2.45) is 11.7 Å². The van der Waals surface area contributed by atoms with E-state index in [1.165, 1.54) is 18.5 Å². The second kappa shape index (κ2) is 10.9. The van der Waals surface area contributed by atoms with Gasteiger partial charge in [-0.1, -0.05) is 24.3 Å². The van der Waals surface area contributed by atoms with Crippen molar-refractivity contribution in [1.29, 1.82) is 0 Å². The molecule has 2 heterocycles. The highest BCUT2D eigenvalue weighted by Gasteiger charge is 2.17. The first-order valence-corrected chi connectivity index (χ1v) is 11.0. The summed E-state index contributed by atoms with van der Waals surface area (Å²) in [7, 11) is 0. The van der Waals surface area contributed by atoms with Gasteiger partial charge < -0.3 is 20.1 Å². The van der Waals surface area contributed by atoms with Crippen molar-refractivity contribution in [3.63, 3.8) is 0 Å². The highest BCUT2D eigenvalue weighted by Crippen LogP contribution is 2.26. The molecule has 172 valence electrons.